The van der Waals surface area contributed by atoms with Crippen molar-refractivity contribution in [1.29, 1.82) is 0 Å². The van der Waals surface area contributed by atoms with Gasteiger partial charge in [0.15, 0.2) is 0 Å². The molecular formula is C9H17NO3. The van der Waals surface area contributed by atoms with Gasteiger partial charge in [0.1, 0.15) is 11.6 Å². The first kappa shape index (κ1) is 10.5. The molecule has 0 aromatic rings. The Labute approximate surface area is 78.4 Å². The van der Waals surface area contributed by atoms with Crippen molar-refractivity contribution in [2.45, 2.75) is 32.4 Å². The standard InChI is InChI=1S/C9H17NO3/c1-9(2,3)13-8(11)7(10)6-4-12-5-6/h6-7H,4-5,10H2,1-3H3. The van der Waals surface area contributed by atoms with Crippen LogP contribution >= 0.6 is 0 Å². The van der Waals surface area contributed by atoms with Crippen molar-refractivity contribution >= 4 is 5.97 Å². The fraction of sp³-hybridized carbons (Fsp3) is 0.889. The van der Waals surface area contributed by atoms with E-state index in [-0.39, 0.29) is 11.9 Å². The van der Waals surface area contributed by atoms with E-state index in [4.69, 9.17) is 15.2 Å². The van der Waals surface area contributed by atoms with Gasteiger partial charge in [-0.25, -0.2) is 0 Å². The highest BCUT2D eigenvalue weighted by molar-refractivity contribution is 5.76. The Morgan fingerprint density at radius 1 is 1.54 bits per heavy atom. The summed E-state index contributed by atoms with van der Waals surface area (Å²) in [6.45, 7) is 6.62. The number of ether oxygens (including phenoxy) is 2. The van der Waals surface area contributed by atoms with Crippen LogP contribution in [0.25, 0.3) is 0 Å². The SMILES string of the molecule is CC(C)(C)OC(=O)C(N)C1COC1. The van der Waals surface area contributed by atoms with Crippen molar-refractivity contribution in [2.75, 3.05) is 13.2 Å². The highest BCUT2D eigenvalue weighted by atomic mass is 16.6. The van der Waals surface area contributed by atoms with E-state index in [1.165, 1.54) is 0 Å². The molecule has 1 heterocycles. The molecule has 1 rings (SSSR count). The second-order valence-electron chi connectivity index (χ2n) is 4.36. The van der Waals surface area contributed by atoms with E-state index in [0.29, 0.717) is 13.2 Å². The molecule has 1 fully saturated rings. The molecule has 0 spiro atoms. The topological polar surface area (TPSA) is 61.5 Å². The van der Waals surface area contributed by atoms with Gasteiger partial charge >= 0.3 is 5.97 Å². The molecule has 0 aromatic carbocycles. The fourth-order valence-corrected chi connectivity index (χ4v) is 1.02. The van der Waals surface area contributed by atoms with Crippen LogP contribution in [-0.2, 0) is 14.3 Å². The molecule has 1 aliphatic rings. The van der Waals surface area contributed by atoms with Crippen LogP contribution in [0, 0.1) is 5.92 Å². The molecule has 0 radical (unpaired) electrons. The molecule has 76 valence electrons. The number of carbonyl (C=O) groups is 1. The summed E-state index contributed by atoms with van der Waals surface area (Å²) in [6.07, 6.45) is 0. The summed E-state index contributed by atoms with van der Waals surface area (Å²) in [5.74, 6) is -0.198. The summed E-state index contributed by atoms with van der Waals surface area (Å²) in [4.78, 5) is 11.4. The van der Waals surface area contributed by atoms with Gasteiger partial charge in [-0.3, -0.25) is 4.79 Å². The highest BCUT2D eigenvalue weighted by Gasteiger charge is 2.33. The predicted molar refractivity (Wildman–Crippen MR) is 48.1 cm³/mol. The number of hydrogen-bond donors (Lipinski definition) is 1. The van der Waals surface area contributed by atoms with Gasteiger partial charge in [0.2, 0.25) is 0 Å². The van der Waals surface area contributed by atoms with E-state index < -0.39 is 11.6 Å². The van der Waals surface area contributed by atoms with Gasteiger partial charge in [0, 0.05) is 5.92 Å². The van der Waals surface area contributed by atoms with Gasteiger partial charge in [0.25, 0.3) is 0 Å². The zero-order valence-corrected chi connectivity index (χ0v) is 8.37. The maximum atomic E-state index is 11.4. The van der Waals surface area contributed by atoms with Crippen molar-refractivity contribution in [3.8, 4) is 0 Å². The Morgan fingerprint density at radius 2 is 2.08 bits per heavy atom. The van der Waals surface area contributed by atoms with Crippen LogP contribution in [0.1, 0.15) is 20.8 Å². The van der Waals surface area contributed by atoms with Gasteiger partial charge in [-0.1, -0.05) is 0 Å². The largest absolute Gasteiger partial charge is 0.459 e. The molecule has 1 unspecified atom stereocenters. The summed E-state index contributed by atoms with van der Waals surface area (Å²) < 4.78 is 10.1. The summed E-state index contributed by atoms with van der Waals surface area (Å²) in [5.41, 5.74) is 5.22. The van der Waals surface area contributed by atoms with Gasteiger partial charge in [-0.2, -0.15) is 0 Å². The molecule has 0 bridgehead atoms. The quantitative estimate of drug-likeness (QED) is 0.632. The lowest BCUT2D eigenvalue weighted by Crippen LogP contribution is -2.49. The third kappa shape index (κ3) is 2.97. The maximum Gasteiger partial charge on any atom is 0.323 e. The first-order valence-corrected chi connectivity index (χ1v) is 4.46. The second-order valence-corrected chi connectivity index (χ2v) is 4.36. The molecule has 1 aliphatic heterocycles. The smallest absolute Gasteiger partial charge is 0.323 e. The molecule has 2 N–H and O–H groups in total. The van der Waals surface area contributed by atoms with Gasteiger partial charge < -0.3 is 15.2 Å². The Kier molecular flexibility index (Phi) is 2.93. The average Bonchev–Trinajstić information content (AvgIpc) is 1.78. The van der Waals surface area contributed by atoms with Crippen LogP contribution in [0.5, 0.6) is 0 Å². The van der Waals surface area contributed by atoms with Crippen molar-refractivity contribution in [2.24, 2.45) is 11.7 Å². The molecule has 13 heavy (non-hydrogen) atoms. The Balaban J connectivity index is 2.38. The van der Waals surface area contributed by atoms with Crippen molar-refractivity contribution in [3.63, 3.8) is 0 Å². The summed E-state index contributed by atoms with van der Waals surface area (Å²) in [5, 5.41) is 0. The fourth-order valence-electron chi connectivity index (χ4n) is 1.02. The molecule has 0 amide bonds. The van der Waals surface area contributed by atoms with Crippen molar-refractivity contribution < 1.29 is 14.3 Å². The van der Waals surface area contributed by atoms with E-state index in [0.717, 1.165) is 0 Å². The third-order valence-electron chi connectivity index (χ3n) is 1.85. The normalized spacial score (nSPS) is 20.6. The molecule has 1 atom stereocenters. The van der Waals surface area contributed by atoms with Gasteiger partial charge in [-0.15, -0.1) is 0 Å². The van der Waals surface area contributed by atoms with E-state index in [2.05, 4.69) is 0 Å². The highest BCUT2D eigenvalue weighted by Crippen LogP contribution is 2.16. The minimum absolute atomic E-state index is 0.134. The van der Waals surface area contributed by atoms with Crippen LogP contribution in [0.3, 0.4) is 0 Å². The molecule has 0 aliphatic carbocycles. The van der Waals surface area contributed by atoms with Crippen LogP contribution < -0.4 is 5.73 Å². The summed E-state index contributed by atoms with van der Waals surface area (Å²) in [7, 11) is 0. The molecule has 4 nitrogen and oxygen atoms in total. The first-order chi connectivity index (χ1) is 5.90. The van der Waals surface area contributed by atoms with Crippen LogP contribution in [0.4, 0.5) is 0 Å². The summed E-state index contributed by atoms with van der Waals surface area (Å²) in [6, 6.07) is -0.534. The number of nitrogens with two attached hydrogens (primary N) is 1. The lowest BCUT2D eigenvalue weighted by Gasteiger charge is -2.31. The molecule has 4 heteroatoms. The zero-order valence-electron chi connectivity index (χ0n) is 8.37. The van der Waals surface area contributed by atoms with E-state index in [9.17, 15) is 4.79 Å². The second kappa shape index (κ2) is 3.64. The summed E-state index contributed by atoms with van der Waals surface area (Å²) >= 11 is 0. The van der Waals surface area contributed by atoms with Crippen molar-refractivity contribution in [3.05, 3.63) is 0 Å². The first-order valence-electron chi connectivity index (χ1n) is 4.46. The van der Waals surface area contributed by atoms with Gasteiger partial charge in [-0.05, 0) is 20.8 Å². The van der Waals surface area contributed by atoms with Crippen LogP contribution in [0.2, 0.25) is 0 Å². The van der Waals surface area contributed by atoms with Crippen LogP contribution in [0.15, 0.2) is 0 Å². The average molecular weight is 187 g/mol. The molecule has 0 saturated carbocycles. The molecular weight excluding hydrogens is 170 g/mol. The van der Waals surface area contributed by atoms with E-state index >= 15 is 0 Å². The lowest BCUT2D eigenvalue weighted by molar-refractivity contribution is -0.163. The number of esters is 1. The minimum atomic E-state index is -0.534. The van der Waals surface area contributed by atoms with E-state index in [1.807, 2.05) is 20.8 Å². The minimum Gasteiger partial charge on any atom is -0.459 e. The van der Waals surface area contributed by atoms with Crippen LogP contribution in [-0.4, -0.2) is 30.8 Å². The molecule has 1 saturated heterocycles. The Morgan fingerprint density at radius 3 is 2.38 bits per heavy atom. The maximum absolute atomic E-state index is 11.4. The monoisotopic (exact) mass is 187 g/mol. The third-order valence-corrected chi connectivity index (χ3v) is 1.85. The predicted octanol–water partition coefficient (Wildman–Crippen LogP) is 0.302. The number of hydrogen-bond acceptors (Lipinski definition) is 4. The van der Waals surface area contributed by atoms with Crippen molar-refractivity contribution in [1.82, 2.24) is 0 Å². The number of rotatable bonds is 2. The van der Waals surface area contributed by atoms with E-state index in [1.54, 1.807) is 0 Å². The number of carbonyl (C=O) groups excluding carboxylic acids is 1. The zero-order chi connectivity index (χ0) is 10.1. The van der Waals surface area contributed by atoms with Gasteiger partial charge in [0.05, 0.1) is 13.2 Å². The Hall–Kier alpha value is -0.610. The lowest BCUT2D eigenvalue weighted by atomic mass is 9.99. The Bertz CT molecular complexity index is 194. The molecule has 0 aromatic heterocycles.